The fourth-order valence-electron chi connectivity index (χ4n) is 3.55. The monoisotopic (exact) mass is 422 g/mol. The van der Waals surface area contributed by atoms with E-state index in [0.717, 1.165) is 29.2 Å². The maximum absolute atomic E-state index is 13.1. The molecule has 1 atom stereocenters. The first-order chi connectivity index (χ1) is 14.9. The number of benzene rings is 1. The summed E-state index contributed by atoms with van der Waals surface area (Å²) in [6, 6.07) is 13.1. The summed E-state index contributed by atoms with van der Waals surface area (Å²) in [5.74, 6) is 1.91. The molecule has 9 heteroatoms. The van der Waals surface area contributed by atoms with Crippen molar-refractivity contribution in [2.45, 2.75) is 12.5 Å². The van der Waals surface area contributed by atoms with Gasteiger partial charge in [0, 0.05) is 45.7 Å². The minimum Gasteiger partial charge on any atom is -0.497 e. The van der Waals surface area contributed by atoms with Crippen molar-refractivity contribution >= 4 is 11.7 Å². The molecule has 1 saturated heterocycles. The van der Waals surface area contributed by atoms with Gasteiger partial charge in [-0.1, -0.05) is 12.1 Å². The number of methoxy groups -OCH3 is 1. The Hall–Kier alpha value is -3.62. The van der Waals surface area contributed by atoms with Crippen molar-refractivity contribution in [3.63, 3.8) is 0 Å². The van der Waals surface area contributed by atoms with Crippen molar-refractivity contribution in [3.05, 3.63) is 48.2 Å². The van der Waals surface area contributed by atoms with Gasteiger partial charge in [0.15, 0.2) is 5.82 Å². The molecule has 3 aromatic rings. The van der Waals surface area contributed by atoms with E-state index in [2.05, 4.69) is 15.3 Å². The normalized spacial score (nSPS) is 15.7. The molecule has 1 aliphatic rings. The Balaban J connectivity index is 1.42. The van der Waals surface area contributed by atoms with Crippen LogP contribution in [-0.4, -0.2) is 71.2 Å². The van der Waals surface area contributed by atoms with Crippen molar-refractivity contribution < 1.29 is 14.3 Å². The summed E-state index contributed by atoms with van der Waals surface area (Å²) in [4.78, 5) is 16.8. The molecule has 1 unspecified atom stereocenters. The van der Waals surface area contributed by atoms with Crippen LogP contribution >= 0.6 is 0 Å². The highest BCUT2D eigenvalue weighted by molar-refractivity contribution is 5.94. The average molecular weight is 422 g/mol. The highest BCUT2D eigenvalue weighted by Crippen LogP contribution is 2.25. The maximum Gasteiger partial charge on any atom is 0.272 e. The lowest BCUT2D eigenvalue weighted by Gasteiger charge is -2.17. The van der Waals surface area contributed by atoms with Gasteiger partial charge in [0.05, 0.1) is 19.3 Å². The third-order valence-corrected chi connectivity index (χ3v) is 5.27. The summed E-state index contributed by atoms with van der Waals surface area (Å²) < 4.78 is 12.8. The zero-order valence-corrected chi connectivity index (χ0v) is 18.1. The number of ether oxygens (including phenoxy) is 2. The molecule has 0 bridgehead atoms. The van der Waals surface area contributed by atoms with Gasteiger partial charge in [-0.25, -0.2) is 0 Å². The molecule has 4 rings (SSSR count). The van der Waals surface area contributed by atoms with Gasteiger partial charge < -0.3 is 19.3 Å². The van der Waals surface area contributed by atoms with E-state index in [1.807, 2.05) is 55.4 Å². The summed E-state index contributed by atoms with van der Waals surface area (Å²) in [5, 5.41) is 12.8. The Morgan fingerprint density at radius 2 is 2.00 bits per heavy atom. The molecule has 0 saturated carbocycles. The standard InChI is InChI=1S/C22H26N6O3/c1-26(2)20-8-9-21(24-23-20)31-17-10-11-28(14-17)22(29)19-13-18(25-27(19)3)15-6-5-7-16(12-15)30-4/h5-9,12-13,17H,10-11,14H2,1-4H3. The van der Waals surface area contributed by atoms with Crippen LogP contribution in [0.1, 0.15) is 16.9 Å². The number of carbonyl (C=O) groups excluding carboxylic acids is 1. The zero-order chi connectivity index (χ0) is 22.0. The summed E-state index contributed by atoms with van der Waals surface area (Å²) in [6.07, 6.45) is 0.623. The maximum atomic E-state index is 13.1. The Bertz CT molecular complexity index is 1060. The highest BCUT2D eigenvalue weighted by Gasteiger charge is 2.30. The van der Waals surface area contributed by atoms with Gasteiger partial charge in [-0.15, -0.1) is 10.2 Å². The lowest BCUT2D eigenvalue weighted by molar-refractivity contribution is 0.0760. The Labute approximate surface area is 181 Å². The number of carbonyl (C=O) groups is 1. The molecule has 0 aliphatic carbocycles. The van der Waals surface area contributed by atoms with Crippen molar-refractivity contribution in [1.82, 2.24) is 24.9 Å². The van der Waals surface area contributed by atoms with Crippen LogP contribution in [0.5, 0.6) is 11.6 Å². The Morgan fingerprint density at radius 3 is 2.71 bits per heavy atom. The predicted octanol–water partition coefficient (Wildman–Crippen LogP) is 2.25. The van der Waals surface area contributed by atoms with E-state index in [0.29, 0.717) is 24.7 Å². The van der Waals surface area contributed by atoms with Crippen LogP contribution in [-0.2, 0) is 7.05 Å². The highest BCUT2D eigenvalue weighted by atomic mass is 16.5. The first-order valence-corrected chi connectivity index (χ1v) is 10.1. The fourth-order valence-corrected chi connectivity index (χ4v) is 3.55. The molecule has 0 N–H and O–H groups in total. The number of hydrogen-bond donors (Lipinski definition) is 0. The van der Waals surface area contributed by atoms with Gasteiger partial charge in [0.1, 0.15) is 17.5 Å². The first kappa shape index (κ1) is 20.6. The van der Waals surface area contributed by atoms with Crippen LogP contribution in [0.3, 0.4) is 0 Å². The van der Waals surface area contributed by atoms with Crippen LogP contribution in [0.25, 0.3) is 11.3 Å². The SMILES string of the molecule is COc1cccc(-c2cc(C(=O)N3CCC(Oc4ccc(N(C)C)nn4)C3)n(C)n2)c1. The van der Waals surface area contributed by atoms with Gasteiger partial charge in [-0.05, 0) is 24.3 Å². The van der Waals surface area contributed by atoms with Gasteiger partial charge in [-0.3, -0.25) is 9.48 Å². The van der Waals surface area contributed by atoms with E-state index in [1.54, 1.807) is 29.8 Å². The second-order valence-corrected chi connectivity index (χ2v) is 7.67. The van der Waals surface area contributed by atoms with E-state index in [9.17, 15) is 4.79 Å². The fraction of sp³-hybridized carbons (Fsp3) is 0.364. The number of nitrogens with zero attached hydrogens (tertiary/aromatic N) is 6. The second-order valence-electron chi connectivity index (χ2n) is 7.67. The number of rotatable bonds is 6. The van der Waals surface area contributed by atoms with E-state index >= 15 is 0 Å². The average Bonchev–Trinajstić information content (AvgIpc) is 3.40. The molecule has 162 valence electrons. The molecular weight excluding hydrogens is 396 g/mol. The Kier molecular flexibility index (Phi) is 5.75. The first-order valence-electron chi connectivity index (χ1n) is 10.1. The topological polar surface area (TPSA) is 85.6 Å². The van der Waals surface area contributed by atoms with Crippen molar-refractivity contribution in [2.24, 2.45) is 7.05 Å². The van der Waals surface area contributed by atoms with Crippen molar-refractivity contribution in [2.75, 3.05) is 39.2 Å². The molecule has 3 heterocycles. The molecule has 0 radical (unpaired) electrons. The van der Waals surface area contributed by atoms with E-state index < -0.39 is 0 Å². The minimum atomic E-state index is -0.116. The molecule has 1 aromatic carbocycles. The van der Waals surface area contributed by atoms with Gasteiger partial charge in [0.25, 0.3) is 5.91 Å². The number of aryl methyl sites for hydroxylation is 1. The molecule has 31 heavy (non-hydrogen) atoms. The second kappa shape index (κ2) is 8.63. The van der Waals surface area contributed by atoms with Gasteiger partial charge in [-0.2, -0.15) is 5.10 Å². The number of amides is 1. The lowest BCUT2D eigenvalue weighted by Crippen LogP contribution is -2.32. The summed E-state index contributed by atoms with van der Waals surface area (Å²) >= 11 is 0. The van der Waals surface area contributed by atoms with Crippen LogP contribution in [0.4, 0.5) is 5.82 Å². The smallest absolute Gasteiger partial charge is 0.272 e. The number of aromatic nitrogens is 4. The summed E-state index contributed by atoms with van der Waals surface area (Å²) in [5.41, 5.74) is 2.16. The van der Waals surface area contributed by atoms with E-state index in [1.165, 1.54) is 0 Å². The summed E-state index contributed by atoms with van der Waals surface area (Å²) in [6.45, 7) is 1.11. The van der Waals surface area contributed by atoms with Crippen LogP contribution < -0.4 is 14.4 Å². The third-order valence-electron chi connectivity index (χ3n) is 5.27. The zero-order valence-electron chi connectivity index (χ0n) is 18.1. The van der Waals surface area contributed by atoms with Gasteiger partial charge in [0.2, 0.25) is 5.88 Å². The number of hydrogen-bond acceptors (Lipinski definition) is 7. The lowest BCUT2D eigenvalue weighted by atomic mass is 10.1. The number of likely N-dealkylation sites (tertiary alicyclic amines) is 1. The quantitative estimate of drug-likeness (QED) is 0.602. The molecule has 1 fully saturated rings. The Morgan fingerprint density at radius 1 is 1.16 bits per heavy atom. The largest absolute Gasteiger partial charge is 0.497 e. The molecule has 1 aliphatic heterocycles. The van der Waals surface area contributed by atoms with Gasteiger partial charge >= 0.3 is 0 Å². The molecule has 1 amide bonds. The molecule has 9 nitrogen and oxygen atoms in total. The minimum absolute atomic E-state index is 0.0655. The van der Waals surface area contributed by atoms with E-state index in [-0.39, 0.29) is 12.0 Å². The predicted molar refractivity (Wildman–Crippen MR) is 116 cm³/mol. The third kappa shape index (κ3) is 4.45. The van der Waals surface area contributed by atoms with Crippen molar-refractivity contribution in [3.8, 4) is 22.9 Å². The van der Waals surface area contributed by atoms with Crippen LogP contribution in [0.2, 0.25) is 0 Å². The molecular formula is C22H26N6O3. The number of anilines is 1. The van der Waals surface area contributed by atoms with Crippen molar-refractivity contribution in [1.29, 1.82) is 0 Å². The van der Waals surface area contributed by atoms with Crippen LogP contribution in [0, 0.1) is 0 Å². The molecule has 2 aromatic heterocycles. The van der Waals surface area contributed by atoms with Crippen LogP contribution in [0.15, 0.2) is 42.5 Å². The van der Waals surface area contributed by atoms with E-state index in [4.69, 9.17) is 9.47 Å². The molecule has 0 spiro atoms. The summed E-state index contributed by atoms with van der Waals surface area (Å²) in [7, 11) is 7.22.